The summed E-state index contributed by atoms with van der Waals surface area (Å²) in [5, 5.41) is 9.28. The van der Waals surface area contributed by atoms with Crippen molar-refractivity contribution in [3.63, 3.8) is 0 Å². The zero-order chi connectivity index (χ0) is 19.5. The molecule has 28 heavy (non-hydrogen) atoms. The highest BCUT2D eigenvalue weighted by molar-refractivity contribution is 7.13. The number of carbonyl (C=O) groups is 1. The molecule has 0 saturated heterocycles. The minimum Gasteiger partial charge on any atom is -0.347 e. The summed E-state index contributed by atoms with van der Waals surface area (Å²) in [5.74, 6) is -0.533. The van der Waals surface area contributed by atoms with Gasteiger partial charge in [0.1, 0.15) is 11.5 Å². The number of aromatic nitrogens is 3. The third kappa shape index (κ3) is 3.84. The molecule has 0 unspecified atom stereocenters. The highest BCUT2D eigenvalue weighted by Gasteiger charge is 2.14. The van der Waals surface area contributed by atoms with E-state index in [0.29, 0.717) is 17.9 Å². The number of pyridine rings is 1. The van der Waals surface area contributed by atoms with Gasteiger partial charge in [-0.2, -0.15) is 5.10 Å². The van der Waals surface area contributed by atoms with Gasteiger partial charge >= 0.3 is 0 Å². The highest BCUT2D eigenvalue weighted by atomic mass is 32.1. The fraction of sp³-hybridized carbons (Fsp3) is 0.0952. The van der Waals surface area contributed by atoms with Crippen LogP contribution in [0, 0.1) is 5.82 Å². The van der Waals surface area contributed by atoms with Crippen LogP contribution in [-0.2, 0) is 13.6 Å². The third-order valence-electron chi connectivity index (χ3n) is 4.30. The fourth-order valence-corrected chi connectivity index (χ4v) is 3.55. The summed E-state index contributed by atoms with van der Waals surface area (Å²) in [4.78, 5) is 18.1. The summed E-state index contributed by atoms with van der Waals surface area (Å²) >= 11 is 1.62. The van der Waals surface area contributed by atoms with Gasteiger partial charge in [-0.05, 0) is 59.5 Å². The van der Waals surface area contributed by atoms with E-state index in [1.165, 1.54) is 16.8 Å². The summed E-state index contributed by atoms with van der Waals surface area (Å²) in [6.45, 7) is 0.386. The average molecular weight is 392 g/mol. The Hall–Kier alpha value is -3.32. The number of nitrogens with zero attached hydrogens (tertiary/aromatic N) is 3. The van der Waals surface area contributed by atoms with Crippen molar-refractivity contribution >= 4 is 17.2 Å². The summed E-state index contributed by atoms with van der Waals surface area (Å²) in [7, 11) is 1.71. The SMILES string of the molecule is Cn1nc(-c2ccc(F)cc2)cc1C(=O)NCc1ccnc(-c2cccs2)c1. The van der Waals surface area contributed by atoms with E-state index in [9.17, 15) is 9.18 Å². The lowest BCUT2D eigenvalue weighted by Crippen LogP contribution is -2.25. The number of halogens is 1. The van der Waals surface area contributed by atoms with Crippen molar-refractivity contribution in [2.24, 2.45) is 7.05 Å². The molecule has 0 fully saturated rings. The smallest absolute Gasteiger partial charge is 0.269 e. The first kappa shape index (κ1) is 18.1. The quantitative estimate of drug-likeness (QED) is 0.551. The van der Waals surface area contributed by atoms with Crippen LogP contribution in [-0.4, -0.2) is 20.7 Å². The molecule has 0 spiro atoms. The van der Waals surface area contributed by atoms with Crippen LogP contribution in [0.1, 0.15) is 16.1 Å². The van der Waals surface area contributed by atoms with Gasteiger partial charge in [-0.15, -0.1) is 11.3 Å². The number of rotatable bonds is 5. The molecule has 4 aromatic rings. The van der Waals surface area contributed by atoms with Gasteiger partial charge in [0.15, 0.2) is 0 Å². The van der Waals surface area contributed by atoms with E-state index in [0.717, 1.165) is 21.7 Å². The molecule has 1 amide bonds. The largest absolute Gasteiger partial charge is 0.347 e. The van der Waals surface area contributed by atoms with Crippen molar-refractivity contribution in [3.05, 3.63) is 83.2 Å². The minimum atomic E-state index is -0.308. The zero-order valence-corrected chi connectivity index (χ0v) is 15.9. The average Bonchev–Trinajstić information content (AvgIpc) is 3.37. The molecule has 1 aromatic carbocycles. The maximum atomic E-state index is 13.1. The molecule has 5 nitrogen and oxygen atoms in total. The van der Waals surface area contributed by atoms with Crippen LogP contribution in [0.5, 0.6) is 0 Å². The number of hydrogen-bond acceptors (Lipinski definition) is 4. The standard InChI is InChI=1S/C21H17FN4OS/c1-26-19(12-17(25-26)15-4-6-16(22)7-5-15)21(27)24-13-14-8-9-23-18(11-14)20-3-2-10-28-20/h2-12H,13H2,1H3,(H,24,27). The number of carbonyl (C=O) groups excluding carboxylic acids is 1. The van der Waals surface area contributed by atoms with E-state index in [2.05, 4.69) is 15.4 Å². The lowest BCUT2D eigenvalue weighted by atomic mass is 10.1. The summed E-state index contributed by atoms with van der Waals surface area (Å²) in [5.41, 5.74) is 3.67. The molecular formula is C21H17FN4OS. The van der Waals surface area contributed by atoms with Crippen molar-refractivity contribution in [2.75, 3.05) is 0 Å². The molecule has 0 saturated carbocycles. The Morgan fingerprint density at radius 3 is 2.71 bits per heavy atom. The first-order chi connectivity index (χ1) is 13.6. The molecule has 0 bridgehead atoms. The van der Waals surface area contributed by atoms with E-state index in [4.69, 9.17) is 0 Å². The molecule has 0 aliphatic rings. The minimum absolute atomic E-state index is 0.224. The Morgan fingerprint density at radius 1 is 1.14 bits per heavy atom. The van der Waals surface area contributed by atoms with Gasteiger partial charge in [0.05, 0.1) is 16.3 Å². The van der Waals surface area contributed by atoms with Gasteiger partial charge in [0, 0.05) is 25.4 Å². The molecule has 0 radical (unpaired) electrons. The van der Waals surface area contributed by atoms with Crippen LogP contribution in [0.3, 0.4) is 0 Å². The van der Waals surface area contributed by atoms with E-state index < -0.39 is 0 Å². The van der Waals surface area contributed by atoms with Gasteiger partial charge in [0.25, 0.3) is 5.91 Å². The summed E-state index contributed by atoms with van der Waals surface area (Å²) in [6, 6.07) is 15.6. The predicted molar refractivity (Wildman–Crippen MR) is 107 cm³/mol. The van der Waals surface area contributed by atoms with Crippen molar-refractivity contribution in [1.82, 2.24) is 20.1 Å². The molecule has 140 valence electrons. The molecular weight excluding hydrogens is 375 g/mol. The van der Waals surface area contributed by atoms with Gasteiger partial charge in [0.2, 0.25) is 0 Å². The zero-order valence-electron chi connectivity index (χ0n) is 15.1. The Bertz CT molecular complexity index is 1100. The number of nitrogens with one attached hydrogen (secondary N) is 1. The van der Waals surface area contributed by atoms with Gasteiger partial charge in [-0.25, -0.2) is 4.39 Å². The summed E-state index contributed by atoms with van der Waals surface area (Å²) in [6.07, 6.45) is 1.74. The monoisotopic (exact) mass is 392 g/mol. The first-order valence-electron chi connectivity index (χ1n) is 8.67. The van der Waals surface area contributed by atoms with E-state index in [-0.39, 0.29) is 11.7 Å². The number of amides is 1. The normalized spacial score (nSPS) is 10.8. The van der Waals surface area contributed by atoms with Gasteiger partial charge < -0.3 is 5.32 Å². The van der Waals surface area contributed by atoms with Gasteiger partial charge in [-0.3, -0.25) is 14.5 Å². The Labute approximate surface area is 165 Å². The van der Waals surface area contributed by atoms with Crippen LogP contribution < -0.4 is 5.32 Å². The second-order valence-corrected chi connectivity index (χ2v) is 7.20. The van der Waals surface area contributed by atoms with Crippen LogP contribution in [0.4, 0.5) is 4.39 Å². The second-order valence-electron chi connectivity index (χ2n) is 6.25. The van der Waals surface area contributed by atoms with Crippen molar-refractivity contribution < 1.29 is 9.18 Å². The molecule has 4 rings (SSSR count). The highest BCUT2D eigenvalue weighted by Crippen LogP contribution is 2.23. The maximum Gasteiger partial charge on any atom is 0.269 e. The second kappa shape index (κ2) is 7.74. The molecule has 7 heteroatoms. The van der Waals surface area contributed by atoms with Crippen molar-refractivity contribution in [3.8, 4) is 21.8 Å². The Balaban J connectivity index is 1.47. The van der Waals surface area contributed by atoms with Crippen molar-refractivity contribution in [1.29, 1.82) is 0 Å². The number of thiophene rings is 1. The Kier molecular flexibility index (Phi) is 4.99. The molecule has 0 aliphatic heterocycles. The Morgan fingerprint density at radius 2 is 1.96 bits per heavy atom. The van der Waals surface area contributed by atoms with Crippen LogP contribution in [0.25, 0.3) is 21.8 Å². The van der Waals surface area contributed by atoms with Crippen LogP contribution >= 0.6 is 11.3 Å². The van der Waals surface area contributed by atoms with E-state index in [1.807, 2.05) is 29.6 Å². The predicted octanol–water partition coefficient (Wildman–Crippen LogP) is 4.28. The van der Waals surface area contributed by atoms with Crippen LogP contribution in [0.15, 0.2) is 66.2 Å². The topological polar surface area (TPSA) is 59.8 Å². The first-order valence-corrected chi connectivity index (χ1v) is 9.55. The molecule has 1 N–H and O–H groups in total. The lowest BCUT2D eigenvalue weighted by Gasteiger charge is -2.06. The molecule has 3 aromatic heterocycles. The van der Waals surface area contributed by atoms with Crippen LogP contribution in [0.2, 0.25) is 0 Å². The van der Waals surface area contributed by atoms with Gasteiger partial charge in [-0.1, -0.05) is 6.07 Å². The molecule has 3 heterocycles. The van der Waals surface area contributed by atoms with E-state index >= 15 is 0 Å². The van der Waals surface area contributed by atoms with Crippen molar-refractivity contribution in [2.45, 2.75) is 6.54 Å². The molecule has 0 atom stereocenters. The molecule has 0 aliphatic carbocycles. The lowest BCUT2D eigenvalue weighted by molar-refractivity contribution is 0.0941. The number of benzene rings is 1. The maximum absolute atomic E-state index is 13.1. The number of aryl methyl sites for hydroxylation is 1. The van der Waals surface area contributed by atoms with E-state index in [1.54, 1.807) is 42.8 Å². The third-order valence-corrected chi connectivity index (χ3v) is 5.20. The summed E-state index contributed by atoms with van der Waals surface area (Å²) < 4.78 is 14.6. The fourth-order valence-electron chi connectivity index (χ4n) is 2.86. The number of hydrogen-bond donors (Lipinski definition) is 1.